The molecule has 3 rings (SSSR count). The number of aryl methyl sites for hydroxylation is 2. The van der Waals surface area contributed by atoms with Crippen LogP contribution in [-0.2, 0) is 11.3 Å². The second-order valence-electron chi connectivity index (χ2n) is 5.85. The molecule has 0 N–H and O–H groups in total. The summed E-state index contributed by atoms with van der Waals surface area (Å²) in [6.07, 6.45) is 1.90. The highest BCUT2D eigenvalue weighted by Crippen LogP contribution is 2.32. The zero-order valence-corrected chi connectivity index (χ0v) is 14.6. The molecule has 0 aliphatic carbocycles. The van der Waals surface area contributed by atoms with Crippen LogP contribution in [0, 0.1) is 13.8 Å². The van der Waals surface area contributed by atoms with Gasteiger partial charge >= 0.3 is 0 Å². The number of benzene rings is 1. The maximum Gasteiger partial charge on any atom is 0.240 e. The van der Waals surface area contributed by atoms with E-state index in [9.17, 15) is 4.79 Å². The summed E-state index contributed by atoms with van der Waals surface area (Å²) in [5.74, 6) is 1.07. The second-order valence-corrected chi connectivity index (χ2v) is 7.02. The fraction of sp³-hybridized carbons (Fsp3) is 0.471. The number of carbonyl (C=O) groups excluding carboxylic acids is 1. The average Bonchev–Trinajstić information content (AvgIpc) is 2.90. The molecule has 0 saturated carbocycles. The molecule has 0 bridgehead atoms. The summed E-state index contributed by atoms with van der Waals surface area (Å²) in [6, 6.07) is 8.16. The van der Waals surface area contributed by atoms with E-state index in [1.165, 1.54) is 5.56 Å². The van der Waals surface area contributed by atoms with E-state index in [4.69, 9.17) is 0 Å². The molecule has 0 spiro atoms. The zero-order valence-electron chi connectivity index (χ0n) is 13.8. The highest BCUT2D eigenvalue weighted by Gasteiger charge is 2.31. The van der Waals surface area contributed by atoms with Gasteiger partial charge in [-0.1, -0.05) is 29.5 Å². The normalized spacial score (nSPS) is 18.5. The van der Waals surface area contributed by atoms with Gasteiger partial charge in [0.1, 0.15) is 5.82 Å². The Morgan fingerprint density at radius 3 is 2.65 bits per heavy atom. The van der Waals surface area contributed by atoms with E-state index in [-0.39, 0.29) is 11.2 Å². The third-order valence-corrected chi connectivity index (χ3v) is 5.44. The van der Waals surface area contributed by atoms with Gasteiger partial charge in [-0.3, -0.25) is 4.79 Å². The van der Waals surface area contributed by atoms with Crippen molar-refractivity contribution < 1.29 is 4.79 Å². The second kappa shape index (κ2) is 6.74. The lowest BCUT2D eigenvalue weighted by atomic mass is 10.1. The van der Waals surface area contributed by atoms with Crippen molar-refractivity contribution in [1.29, 1.82) is 0 Å². The standard InChI is InChI=1S/C17H22N4OS/c1-4-20-13(3)18-19-17(20)23-15-6-5-11-21(16(15)22)14-9-7-12(2)8-10-14/h7-10,15H,4-6,11H2,1-3H3/t15-/m0/s1. The van der Waals surface area contributed by atoms with Gasteiger partial charge in [0, 0.05) is 18.8 Å². The first-order valence-corrected chi connectivity index (χ1v) is 8.92. The molecule has 2 heterocycles. The van der Waals surface area contributed by atoms with E-state index in [2.05, 4.69) is 40.7 Å². The van der Waals surface area contributed by atoms with Crippen molar-refractivity contribution in [3.8, 4) is 0 Å². The van der Waals surface area contributed by atoms with E-state index >= 15 is 0 Å². The lowest BCUT2D eigenvalue weighted by Crippen LogP contribution is -2.43. The smallest absolute Gasteiger partial charge is 0.240 e. The van der Waals surface area contributed by atoms with Crippen LogP contribution < -0.4 is 4.90 Å². The summed E-state index contributed by atoms with van der Waals surface area (Å²) in [4.78, 5) is 14.8. The third-order valence-electron chi connectivity index (χ3n) is 4.20. The summed E-state index contributed by atoms with van der Waals surface area (Å²) >= 11 is 1.54. The van der Waals surface area contributed by atoms with Gasteiger partial charge in [0.2, 0.25) is 5.91 Å². The summed E-state index contributed by atoms with van der Waals surface area (Å²) < 4.78 is 2.06. The van der Waals surface area contributed by atoms with Gasteiger partial charge in [-0.05, 0) is 45.7 Å². The van der Waals surface area contributed by atoms with Crippen molar-refractivity contribution >= 4 is 23.4 Å². The lowest BCUT2D eigenvalue weighted by Gasteiger charge is -2.31. The third kappa shape index (κ3) is 3.27. The predicted molar refractivity (Wildman–Crippen MR) is 92.8 cm³/mol. The summed E-state index contributed by atoms with van der Waals surface area (Å²) in [5, 5.41) is 9.12. The van der Waals surface area contributed by atoms with Gasteiger partial charge in [0.05, 0.1) is 5.25 Å². The molecule has 1 aromatic heterocycles. The highest BCUT2D eigenvalue weighted by atomic mass is 32.2. The Hall–Kier alpha value is -1.82. The van der Waals surface area contributed by atoms with Crippen LogP contribution in [0.3, 0.4) is 0 Å². The molecule has 2 aromatic rings. The number of aromatic nitrogens is 3. The number of hydrogen-bond donors (Lipinski definition) is 0. The predicted octanol–water partition coefficient (Wildman–Crippen LogP) is 3.20. The number of piperidine rings is 1. The Kier molecular flexibility index (Phi) is 4.71. The summed E-state index contributed by atoms with van der Waals surface area (Å²) in [7, 11) is 0. The van der Waals surface area contributed by atoms with Crippen molar-refractivity contribution in [2.45, 2.75) is 50.6 Å². The SMILES string of the molecule is CCn1c(C)nnc1S[C@H]1CCCN(c2ccc(C)cc2)C1=O. The molecule has 0 radical (unpaired) electrons. The zero-order chi connectivity index (χ0) is 16.4. The summed E-state index contributed by atoms with van der Waals surface area (Å²) in [5.41, 5.74) is 2.19. The molecule has 23 heavy (non-hydrogen) atoms. The molecule has 1 atom stereocenters. The molecule has 5 nitrogen and oxygen atoms in total. The highest BCUT2D eigenvalue weighted by molar-refractivity contribution is 8.00. The number of anilines is 1. The maximum absolute atomic E-state index is 12.9. The topological polar surface area (TPSA) is 51.0 Å². The van der Waals surface area contributed by atoms with Crippen molar-refractivity contribution in [1.82, 2.24) is 14.8 Å². The lowest BCUT2D eigenvalue weighted by molar-refractivity contribution is -0.119. The molecule has 122 valence electrons. The van der Waals surface area contributed by atoms with Crippen LogP contribution in [0.4, 0.5) is 5.69 Å². The molecule has 1 aliphatic rings. The van der Waals surface area contributed by atoms with E-state index < -0.39 is 0 Å². The Morgan fingerprint density at radius 1 is 1.22 bits per heavy atom. The van der Waals surface area contributed by atoms with Gasteiger partial charge in [0.15, 0.2) is 5.16 Å². The Labute approximate surface area is 141 Å². The summed E-state index contributed by atoms with van der Waals surface area (Å²) in [6.45, 7) is 7.69. The molecule has 0 unspecified atom stereocenters. The minimum atomic E-state index is -0.0843. The molecule has 6 heteroatoms. The largest absolute Gasteiger partial charge is 0.311 e. The fourth-order valence-corrected chi connectivity index (χ4v) is 4.12. The minimum absolute atomic E-state index is 0.0843. The monoisotopic (exact) mass is 330 g/mol. The molecule has 1 fully saturated rings. The molecular formula is C17H22N4OS. The Balaban J connectivity index is 1.78. The molecule has 1 amide bonds. The number of nitrogens with zero attached hydrogens (tertiary/aromatic N) is 4. The van der Waals surface area contributed by atoms with E-state index in [1.807, 2.05) is 24.0 Å². The van der Waals surface area contributed by atoms with Crippen LogP contribution in [0.5, 0.6) is 0 Å². The Morgan fingerprint density at radius 2 is 1.96 bits per heavy atom. The number of hydrogen-bond acceptors (Lipinski definition) is 4. The number of rotatable bonds is 4. The number of carbonyl (C=O) groups is 1. The van der Waals surface area contributed by atoms with Crippen molar-refractivity contribution in [3.05, 3.63) is 35.7 Å². The van der Waals surface area contributed by atoms with Gasteiger partial charge in [-0.15, -0.1) is 10.2 Å². The first kappa shape index (κ1) is 16.1. The van der Waals surface area contributed by atoms with Crippen LogP contribution in [-0.4, -0.2) is 32.5 Å². The minimum Gasteiger partial charge on any atom is -0.311 e. The van der Waals surface area contributed by atoms with Crippen LogP contribution in [0.2, 0.25) is 0 Å². The van der Waals surface area contributed by atoms with Crippen molar-refractivity contribution in [2.75, 3.05) is 11.4 Å². The first-order chi connectivity index (χ1) is 11.1. The van der Waals surface area contributed by atoms with Crippen LogP contribution in [0.15, 0.2) is 29.4 Å². The molecule has 1 aromatic carbocycles. The van der Waals surface area contributed by atoms with Crippen molar-refractivity contribution in [3.63, 3.8) is 0 Å². The van der Waals surface area contributed by atoms with Crippen LogP contribution >= 0.6 is 11.8 Å². The number of amides is 1. The van der Waals surface area contributed by atoms with Crippen LogP contribution in [0.25, 0.3) is 0 Å². The average molecular weight is 330 g/mol. The molecule has 1 aliphatic heterocycles. The fourth-order valence-electron chi connectivity index (χ4n) is 2.87. The van der Waals surface area contributed by atoms with Gasteiger partial charge in [-0.2, -0.15) is 0 Å². The number of thioether (sulfide) groups is 1. The van der Waals surface area contributed by atoms with E-state index in [1.54, 1.807) is 11.8 Å². The quantitative estimate of drug-likeness (QED) is 0.864. The van der Waals surface area contributed by atoms with Gasteiger partial charge < -0.3 is 9.47 Å². The van der Waals surface area contributed by atoms with Gasteiger partial charge in [0.25, 0.3) is 0 Å². The van der Waals surface area contributed by atoms with Crippen LogP contribution in [0.1, 0.15) is 31.2 Å². The molecular weight excluding hydrogens is 308 g/mol. The first-order valence-electron chi connectivity index (χ1n) is 8.04. The van der Waals surface area contributed by atoms with Crippen molar-refractivity contribution in [2.24, 2.45) is 0 Å². The van der Waals surface area contributed by atoms with Gasteiger partial charge in [-0.25, -0.2) is 0 Å². The van der Waals surface area contributed by atoms with E-state index in [0.29, 0.717) is 0 Å². The maximum atomic E-state index is 12.9. The Bertz CT molecular complexity index is 695. The van der Waals surface area contributed by atoms with E-state index in [0.717, 1.165) is 42.6 Å². The molecule has 1 saturated heterocycles.